The molecule has 0 unspecified atom stereocenters. The number of halogens is 1. The van der Waals surface area contributed by atoms with Crippen molar-refractivity contribution in [3.05, 3.63) is 35.4 Å². The van der Waals surface area contributed by atoms with Gasteiger partial charge in [-0.3, -0.25) is 4.79 Å². The van der Waals surface area contributed by atoms with E-state index in [-0.39, 0.29) is 12.4 Å². The van der Waals surface area contributed by atoms with Crippen molar-refractivity contribution in [1.29, 1.82) is 0 Å². The van der Waals surface area contributed by atoms with Gasteiger partial charge in [-0.25, -0.2) is 0 Å². The first-order valence-electron chi connectivity index (χ1n) is 8.22. The Morgan fingerprint density at radius 2 is 1.91 bits per heavy atom. The smallest absolute Gasteiger partial charge is 0.224 e. The van der Waals surface area contributed by atoms with E-state index in [0.717, 1.165) is 19.4 Å². The minimum Gasteiger partial charge on any atom is -0.337 e. The molecular formula is C18H27ClN2O. The van der Waals surface area contributed by atoms with Gasteiger partial charge in [0.05, 0.1) is 0 Å². The molecule has 1 amide bonds. The van der Waals surface area contributed by atoms with Gasteiger partial charge in [-0.1, -0.05) is 24.3 Å². The second-order valence-electron chi connectivity index (χ2n) is 6.56. The lowest BCUT2D eigenvalue weighted by Gasteiger charge is -2.44. The second kappa shape index (κ2) is 7.47. The van der Waals surface area contributed by atoms with Crippen LogP contribution in [0.2, 0.25) is 0 Å². The highest BCUT2D eigenvalue weighted by Crippen LogP contribution is 2.44. The Kier molecular flexibility index (Phi) is 5.87. The first-order valence-corrected chi connectivity index (χ1v) is 8.22. The Morgan fingerprint density at radius 3 is 2.50 bits per heavy atom. The van der Waals surface area contributed by atoms with Crippen molar-refractivity contribution in [3.63, 3.8) is 0 Å². The Bertz CT molecular complexity index is 510. The molecule has 0 atom stereocenters. The molecule has 22 heavy (non-hydrogen) atoms. The minimum absolute atomic E-state index is 0. The van der Waals surface area contributed by atoms with Crippen molar-refractivity contribution >= 4 is 18.3 Å². The Balaban J connectivity index is 0.00000176. The van der Waals surface area contributed by atoms with Crippen LogP contribution >= 0.6 is 12.4 Å². The lowest BCUT2D eigenvalue weighted by Crippen LogP contribution is -2.48. The topological polar surface area (TPSA) is 32.3 Å². The monoisotopic (exact) mass is 322 g/mol. The van der Waals surface area contributed by atoms with Gasteiger partial charge >= 0.3 is 0 Å². The maximum Gasteiger partial charge on any atom is 0.224 e. The number of hydrogen-bond acceptors (Lipinski definition) is 2. The first kappa shape index (κ1) is 17.3. The molecule has 2 saturated carbocycles. The molecule has 0 aromatic heterocycles. The summed E-state index contributed by atoms with van der Waals surface area (Å²) in [4.78, 5) is 14.6. The number of carbonyl (C=O) groups excluding carboxylic acids is 1. The van der Waals surface area contributed by atoms with Gasteiger partial charge in [-0.15, -0.1) is 12.4 Å². The maximum absolute atomic E-state index is 12.4. The fourth-order valence-corrected chi connectivity index (χ4v) is 3.53. The van der Waals surface area contributed by atoms with Gasteiger partial charge in [0, 0.05) is 25.0 Å². The van der Waals surface area contributed by atoms with E-state index in [4.69, 9.17) is 0 Å². The van der Waals surface area contributed by atoms with E-state index in [1.165, 1.54) is 24.0 Å². The van der Waals surface area contributed by atoms with Crippen LogP contribution in [0, 0.1) is 6.92 Å². The maximum atomic E-state index is 12.4. The van der Waals surface area contributed by atoms with Crippen LogP contribution in [0.5, 0.6) is 0 Å². The van der Waals surface area contributed by atoms with Gasteiger partial charge < -0.3 is 10.2 Å². The first-order chi connectivity index (χ1) is 10.2. The summed E-state index contributed by atoms with van der Waals surface area (Å²) in [5.41, 5.74) is 2.87. The van der Waals surface area contributed by atoms with Crippen LogP contribution in [0.4, 0.5) is 0 Å². The molecular weight excluding hydrogens is 296 g/mol. The number of aryl methyl sites for hydroxylation is 1. The summed E-state index contributed by atoms with van der Waals surface area (Å²) in [6.45, 7) is 2.98. The molecule has 2 fully saturated rings. The number of nitrogens with one attached hydrogen (secondary N) is 1. The van der Waals surface area contributed by atoms with Crippen LogP contribution in [0.15, 0.2) is 24.3 Å². The summed E-state index contributed by atoms with van der Waals surface area (Å²) in [7, 11) is 1.91. The number of nitrogens with zero attached hydrogens (tertiary/aromatic N) is 1. The number of rotatable bonds is 6. The lowest BCUT2D eigenvalue weighted by atomic mass is 9.73. The number of hydrogen-bond donors (Lipinski definition) is 1. The van der Waals surface area contributed by atoms with E-state index in [1.807, 2.05) is 7.05 Å². The molecule has 1 N–H and O–H groups in total. The van der Waals surface area contributed by atoms with Crippen LogP contribution < -0.4 is 5.32 Å². The van der Waals surface area contributed by atoms with Crippen LogP contribution in [-0.2, 0) is 4.79 Å². The number of carbonyl (C=O) groups is 1. The van der Waals surface area contributed by atoms with Crippen molar-refractivity contribution in [2.24, 2.45) is 0 Å². The number of benzene rings is 1. The van der Waals surface area contributed by atoms with Crippen molar-refractivity contribution in [2.75, 3.05) is 13.6 Å². The van der Waals surface area contributed by atoms with Gasteiger partial charge in [0.1, 0.15) is 0 Å². The average molecular weight is 323 g/mol. The van der Waals surface area contributed by atoms with Gasteiger partial charge in [0.25, 0.3) is 0 Å². The van der Waals surface area contributed by atoms with Crippen molar-refractivity contribution < 1.29 is 4.79 Å². The SMILES string of the molecule is CNCCC(=O)N(C1CC1)C1CC(c2ccccc2C)C1.Cl. The largest absolute Gasteiger partial charge is 0.337 e. The zero-order valence-electron chi connectivity index (χ0n) is 13.5. The van der Waals surface area contributed by atoms with E-state index in [9.17, 15) is 4.79 Å². The third kappa shape index (κ3) is 3.64. The third-order valence-corrected chi connectivity index (χ3v) is 4.95. The Hall–Kier alpha value is -1.06. The Morgan fingerprint density at radius 1 is 1.23 bits per heavy atom. The van der Waals surface area contributed by atoms with Crippen LogP contribution in [0.25, 0.3) is 0 Å². The van der Waals surface area contributed by atoms with Gasteiger partial charge in [0.15, 0.2) is 0 Å². The Labute approximate surface area is 139 Å². The summed E-state index contributed by atoms with van der Waals surface area (Å²) in [6.07, 6.45) is 5.34. The van der Waals surface area contributed by atoms with Crippen LogP contribution in [0.1, 0.15) is 49.1 Å². The van der Waals surface area contributed by atoms with Gasteiger partial charge in [0.2, 0.25) is 5.91 Å². The molecule has 0 spiro atoms. The molecule has 4 heteroatoms. The zero-order chi connectivity index (χ0) is 14.8. The molecule has 3 rings (SSSR count). The van der Waals surface area contributed by atoms with Gasteiger partial charge in [-0.05, 0) is 56.7 Å². The predicted molar refractivity (Wildman–Crippen MR) is 92.6 cm³/mol. The summed E-state index contributed by atoms with van der Waals surface area (Å²) in [6, 6.07) is 9.70. The molecule has 2 aliphatic rings. The fraction of sp³-hybridized carbons (Fsp3) is 0.611. The summed E-state index contributed by atoms with van der Waals surface area (Å²) in [5.74, 6) is 0.995. The normalized spacial score (nSPS) is 23.4. The van der Waals surface area contributed by atoms with Gasteiger partial charge in [-0.2, -0.15) is 0 Å². The van der Waals surface area contributed by atoms with E-state index >= 15 is 0 Å². The van der Waals surface area contributed by atoms with Crippen molar-refractivity contribution in [3.8, 4) is 0 Å². The summed E-state index contributed by atoms with van der Waals surface area (Å²) >= 11 is 0. The van der Waals surface area contributed by atoms with Crippen LogP contribution in [0.3, 0.4) is 0 Å². The van der Waals surface area contributed by atoms with E-state index in [1.54, 1.807) is 0 Å². The quantitative estimate of drug-likeness (QED) is 0.872. The van der Waals surface area contributed by atoms with E-state index < -0.39 is 0 Å². The predicted octanol–water partition coefficient (Wildman–Crippen LogP) is 3.26. The van der Waals surface area contributed by atoms with E-state index in [2.05, 4.69) is 41.4 Å². The lowest BCUT2D eigenvalue weighted by molar-refractivity contribution is -0.136. The third-order valence-electron chi connectivity index (χ3n) is 4.95. The molecule has 0 heterocycles. The average Bonchev–Trinajstić information content (AvgIpc) is 3.25. The highest BCUT2D eigenvalue weighted by atomic mass is 35.5. The standard InChI is InChI=1S/C18H26N2O.ClH/c1-13-5-3-4-6-17(13)14-11-16(12-14)20(15-7-8-15)18(21)9-10-19-2;/h3-6,14-16,19H,7-12H2,1-2H3;1H. The zero-order valence-corrected chi connectivity index (χ0v) is 14.4. The molecule has 122 valence electrons. The van der Waals surface area contributed by atoms with E-state index in [0.29, 0.717) is 30.3 Å². The minimum atomic E-state index is 0. The molecule has 0 radical (unpaired) electrons. The molecule has 2 aliphatic carbocycles. The number of amides is 1. The van der Waals surface area contributed by atoms with Crippen LogP contribution in [-0.4, -0.2) is 36.5 Å². The van der Waals surface area contributed by atoms with Crippen molar-refractivity contribution in [2.45, 2.75) is 57.0 Å². The fourth-order valence-electron chi connectivity index (χ4n) is 3.53. The summed E-state index contributed by atoms with van der Waals surface area (Å²) in [5, 5.41) is 3.08. The molecule has 1 aromatic rings. The second-order valence-corrected chi connectivity index (χ2v) is 6.56. The van der Waals surface area contributed by atoms with Crippen molar-refractivity contribution in [1.82, 2.24) is 10.2 Å². The summed E-state index contributed by atoms with van der Waals surface area (Å²) < 4.78 is 0. The molecule has 0 saturated heterocycles. The molecule has 0 aliphatic heterocycles. The highest BCUT2D eigenvalue weighted by molar-refractivity contribution is 5.85. The highest BCUT2D eigenvalue weighted by Gasteiger charge is 2.43. The molecule has 0 bridgehead atoms. The molecule has 1 aromatic carbocycles. The molecule has 3 nitrogen and oxygen atoms in total.